The Morgan fingerprint density at radius 3 is 2.72 bits per heavy atom. The number of nitrogens with zero attached hydrogens (tertiary/aromatic N) is 5. The maximum Gasteiger partial charge on any atom is 0.191 e. The van der Waals surface area contributed by atoms with Crippen LogP contribution >= 0.6 is 35.3 Å². The summed E-state index contributed by atoms with van der Waals surface area (Å²) in [6, 6.07) is 0.572. The van der Waals surface area contributed by atoms with E-state index >= 15 is 0 Å². The topological polar surface area (TPSA) is 61.0 Å². The van der Waals surface area contributed by atoms with Gasteiger partial charge in [-0.05, 0) is 25.3 Å². The highest BCUT2D eigenvalue weighted by atomic mass is 127. The molecule has 0 amide bonds. The SMILES string of the molecule is CC(C)CN1CCC[C@@H]1CN=C(N)N1CCN(c2nccs2)CC1.I. The van der Waals surface area contributed by atoms with Crippen LogP contribution in [0.1, 0.15) is 26.7 Å². The van der Waals surface area contributed by atoms with Crippen molar-refractivity contribution in [1.29, 1.82) is 0 Å². The molecule has 0 spiro atoms. The number of guanidine groups is 1. The number of aromatic nitrogens is 1. The van der Waals surface area contributed by atoms with Gasteiger partial charge in [0.15, 0.2) is 11.1 Å². The molecule has 2 aliphatic rings. The lowest BCUT2D eigenvalue weighted by molar-refractivity contribution is 0.230. The van der Waals surface area contributed by atoms with Crippen LogP contribution in [0, 0.1) is 5.92 Å². The first-order valence-electron chi connectivity index (χ1n) is 9.07. The van der Waals surface area contributed by atoms with E-state index in [1.165, 1.54) is 25.9 Å². The van der Waals surface area contributed by atoms with Gasteiger partial charge in [-0.15, -0.1) is 35.3 Å². The second-order valence-electron chi connectivity index (χ2n) is 7.17. The third-order valence-electron chi connectivity index (χ3n) is 4.86. The number of thiazole rings is 1. The van der Waals surface area contributed by atoms with Crippen LogP contribution in [-0.4, -0.2) is 72.6 Å². The van der Waals surface area contributed by atoms with E-state index in [0.29, 0.717) is 17.9 Å². The van der Waals surface area contributed by atoms with Gasteiger partial charge in [0.2, 0.25) is 0 Å². The van der Waals surface area contributed by atoms with E-state index < -0.39 is 0 Å². The highest BCUT2D eigenvalue weighted by molar-refractivity contribution is 14.0. The number of nitrogens with two attached hydrogens (primary N) is 1. The van der Waals surface area contributed by atoms with Crippen LogP contribution in [-0.2, 0) is 0 Å². The molecule has 0 aliphatic carbocycles. The molecule has 1 aromatic heterocycles. The van der Waals surface area contributed by atoms with Gasteiger partial charge in [-0.3, -0.25) is 9.89 Å². The molecule has 8 heteroatoms. The molecule has 0 saturated carbocycles. The fraction of sp³-hybridized carbons (Fsp3) is 0.765. The summed E-state index contributed by atoms with van der Waals surface area (Å²) >= 11 is 1.70. The largest absolute Gasteiger partial charge is 0.370 e. The van der Waals surface area contributed by atoms with Gasteiger partial charge in [-0.1, -0.05) is 13.8 Å². The summed E-state index contributed by atoms with van der Waals surface area (Å²) < 4.78 is 0. The second-order valence-corrected chi connectivity index (χ2v) is 8.05. The third kappa shape index (κ3) is 5.68. The maximum atomic E-state index is 6.26. The fourth-order valence-corrected chi connectivity index (χ4v) is 4.31. The van der Waals surface area contributed by atoms with Crippen LogP contribution in [0.25, 0.3) is 0 Å². The highest BCUT2D eigenvalue weighted by Gasteiger charge is 2.25. The van der Waals surface area contributed by atoms with Gasteiger partial charge in [0, 0.05) is 50.3 Å². The first kappa shape index (κ1) is 20.7. The van der Waals surface area contributed by atoms with E-state index in [4.69, 9.17) is 10.7 Å². The average molecular weight is 478 g/mol. The summed E-state index contributed by atoms with van der Waals surface area (Å²) in [6.07, 6.45) is 4.41. The molecule has 3 heterocycles. The number of hydrogen-bond donors (Lipinski definition) is 1. The van der Waals surface area contributed by atoms with Crippen molar-refractivity contribution in [1.82, 2.24) is 14.8 Å². The first-order valence-corrected chi connectivity index (χ1v) is 9.95. The molecular formula is C17H31IN6S. The highest BCUT2D eigenvalue weighted by Crippen LogP contribution is 2.20. The Bertz CT molecular complexity index is 527. The van der Waals surface area contributed by atoms with Crippen molar-refractivity contribution in [3.63, 3.8) is 0 Å². The Morgan fingerprint density at radius 1 is 1.32 bits per heavy atom. The van der Waals surface area contributed by atoms with Crippen LogP contribution in [0.4, 0.5) is 5.13 Å². The standard InChI is InChI=1S/C17H30N6S.HI/c1-14(2)13-23-6-3-4-15(23)12-20-16(18)21-7-9-22(10-8-21)17-19-5-11-24-17;/h5,11,14-15H,3-4,6-10,12-13H2,1-2H3,(H2,18,20);1H/t15-;/m1./s1. The lowest BCUT2D eigenvalue weighted by atomic mass is 10.2. The fourth-order valence-electron chi connectivity index (χ4n) is 3.61. The molecule has 1 atom stereocenters. The minimum absolute atomic E-state index is 0. The van der Waals surface area contributed by atoms with E-state index in [2.05, 4.69) is 33.5 Å². The normalized spacial score (nSPS) is 22.5. The molecule has 25 heavy (non-hydrogen) atoms. The summed E-state index contributed by atoms with van der Waals surface area (Å²) in [7, 11) is 0. The summed E-state index contributed by atoms with van der Waals surface area (Å²) in [4.78, 5) is 16.2. The monoisotopic (exact) mass is 478 g/mol. The lowest BCUT2D eigenvalue weighted by Gasteiger charge is -2.35. The summed E-state index contributed by atoms with van der Waals surface area (Å²) in [5.74, 6) is 1.43. The summed E-state index contributed by atoms with van der Waals surface area (Å²) in [5.41, 5.74) is 6.26. The predicted molar refractivity (Wildman–Crippen MR) is 117 cm³/mol. The van der Waals surface area contributed by atoms with Crippen molar-refractivity contribution in [2.24, 2.45) is 16.6 Å². The van der Waals surface area contributed by atoms with Crippen LogP contribution in [0.3, 0.4) is 0 Å². The van der Waals surface area contributed by atoms with Gasteiger partial charge in [-0.25, -0.2) is 4.98 Å². The van der Waals surface area contributed by atoms with Crippen molar-refractivity contribution in [2.45, 2.75) is 32.7 Å². The van der Waals surface area contributed by atoms with Gasteiger partial charge < -0.3 is 15.5 Å². The molecule has 0 unspecified atom stereocenters. The number of likely N-dealkylation sites (tertiary alicyclic amines) is 1. The second kappa shape index (κ2) is 9.91. The van der Waals surface area contributed by atoms with Crippen molar-refractivity contribution in [2.75, 3.05) is 50.7 Å². The molecule has 0 radical (unpaired) electrons. The quantitative estimate of drug-likeness (QED) is 0.400. The van der Waals surface area contributed by atoms with E-state index in [9.17, 15) is 0 Å². The maximum absolute atomic E-state index is 6.26. The summed E-state index contributed by atoms with van der Waals surface area (Å²) in [5, 5.41) is 3.14. The zero-order valence-electron chi connectivity index (χ0n) is 15.3. The molecule has 2 N–H and O–H groups in total. The number of anilines is 1. The van der Waals surface area contributed by atoms with Gasteiger partial charge in [0.25, 0.3) is 0 Å². The number of halogens is 1. The molecule has 6 nitrogen and oxygen atoms in total. The van der Waals surface area contributed by atoms with Crippen LogP contribution in [0.2, 0.25) is 0 Å². The lowest BCUT2D eigenvalue weighted by Crippen LogP contribution is -2.51. The Kier molecular flexibility index (Phi) is 8.21. The van der Waals surface area contributed by atoms with Gasteiger partial charge in [-0.2, -0.15) is 0 Å². The molecule has 2 fully saturated rings. The van der Waals surface area contributed by atoms with Crippen molar-refractivity contribution in [3.8, 4) is 0 Å². The molecule has 1 aromatic rings. The predicted octanol–water partition coefficient (Wildman–Crippen LogP) is 2.32. The molecule has 2 aliphatic heterocycles. The zero-order valence-corrected chi connectivity index (χ0v) is 18.5. The van der Waals surface area contributed by atoms with Gasteiger partial charge >= 0.3 is 0 Å². The molecule has 0 bridgehead atoms. The Morgan fingerprint density at radius 2 is 2.08 bits per heavy atom. The smallest absolute Gasteiger partial charge is 0.191 e. The molecule has 3 rings (SSSR count). The van der Waals surface area contributed by atoms with Gasteiger partial charge in [0.1, 0.15) is 0 Å². The van der Waals surface area contributed by atoms with Crippen LogP contribution in [0.15, 0.2) is 16.6 Å². The molecular weight excluding hydrogens is 447 g/mol. The van der Waals surface area contributed by atoms with Crippen LogP contribution < -0.4 is 10.6 Å². The Hall–Kier alpha value is -0.610. The van der Waals surface area contributed by atoms with E-state index in [-0.39, 0.29) is 24.0 Å². The van der Waals surface area contributed by atoms with E-state index in [0.717, 1.165) is 37.9 Å². The number of hydrogen-bond acceptors (Lipinski definition) is 5. The third-order valence-corrected chi connectivity index (χ3v) is 5.69. The van der Waals surface area contributed by atoms with E-state index in [1.807, 2.05) is 11.6 Å². The number of rotatable bonds is 5. The Labute approximate surface area is 172 Å². The summed E-state index contributed by atoms with van der Waals surface area (Å²) in [6.45, 7) is 11.6. The molecule has 142 valence electrons. The minimum atomic E-state index is 0. The Balaban J connectivity index is 0.00000225. The zero-order chi connectivity index (χ0) is 16.9. The van der Waals surface area contributed by atoms with Crippen molar-refractivity contribution < 1.29 is 0 Å². The number of piperazine rings is 1. The van der Waals surface area contributed by atoms with Crippen LogP contribution in [0.5, 0.6) is 0 Å². The minimum Gasteiger partial charge on any atom is -0.370 e. The van der Waals surface area contributed by atoms with Crippen molar-refractivity contribution in [3.05, 3.63) is 11.6 Å². The molecule has 0 aromatic carbocycles. The van der Waals surface area contributed by atoms with E-state index in [1.54, 1.807) is 11.3 Å². The van der Waals surface area contributed by atoms with Crippen molar-refractivity contribution >= 4 is 46.4 Å². The molecule has 2 saturated heterocycles. The number of aliphatic imine (C=N–C) groups is 1. The van der Waals surface area contributed by atoms with Gasteiger partial charge in [0.05, 0.1) is 6.54 Å². The first-order chi connectivity index (χ1) is 11.6. The average Bonchev–Trinajstić information content (AvgIpc) is 3.24.